The molecule has 82 heavy (non-hydrogen) atoms. The molecule has 0 saturated carbocycles. The van der Waals surface area contributed by atoms with Gasteiger partial charge in [-0.3, -0.25) is 0 Å². The van der Waals surface area contributed by atoms with Gasteiger partial charge >= 0.3 is 386 Å². The molecule has 5 saturated heterocycles. The average molecular weight is 1180 g/mol. The predicted molar refractivity (Wildman–Crippen MR) is 291 cm³/mol. The molecular formula is C47H65B4N9O20P2. The summed E-state index contributed by atoms with van der Waals surface area (Å²) >= 11 is 0. The number of benzene rings is 2. The van der Waals surface area contributed by atoms with E-state index in [0.717, 1.165) is 0 Å². The molecule has 0 bridgehead atoms. The maximum absolute atomic E-state index is 13.9. The summed E-state index contributed by atoms with van der Waals surface area (Å²) in [4.78, 5) is 22.8. The molecule has 0 aliphatic carbocycles. The Kier molecular flexibility index (Phi) is 25.5. The SMILES string of the molecule is CO[C@@H]1OC(CO)[C@@H](O[C@@H]2OC(C)[C@@H](O[C@@H]3OC(CO)[C@@H](O[C@@H]4OC(C)[C@@H](O[C@@H]5OC(CO)[C@@H](C)[C@H](P[B]B=O)C5N=[N+]=[N-])[C@H](C)C4OC(=O)c4ccccc4)[C@H](O)C3N=[N+]=[N-])[C@@H](OCc3ccccc3)C2O)[C@H](P[B]B=O)C1N=[N+]=[N-]. The van der Waals surface area contributed by atoms with Crippen LogP contribution in [0.3, 0.4) is 0 Å². The van der Waals surface area contributed by atoms with Crippen molar-refractivity contribution in [3.05, 3.63) is 103 Å². The molecular weight excluding hydrogens is 1120 g/mol. The van der Waals surface area contributed by atoms with E-state index in [-0.39, 0.29) is 35.0 Å². The molecule has 0 amide bonds. The van der Waals surface area contributed by atoms with Crippen LogP contribution in [-0.4, -0.2) is 227 Å². The second-order valence-corrected chi connectivity index (χ2v) is 22.7. The molecule has 5 aliphatic rings. The molecule has 12 unspecified atom stereocenters. The van der Waals surface area contributed by atoms with Crippen molar-refractivity contribution in [3.8, 4) is 0 Å². The van der Waals surface area contributed by atoms with E-state index in [1.165, 1.54) is 33.0 Å². The van der Waals surface area contributed by atoms with Gasteiger partial charge in [0.1, 0.15) is 6.10 Å². The molecule has 5 heterocycles. The molecule has 2 aromatic carbocycles. The van der Waals surface area contributed by atoms with Crippen molar-refractivity contribution in [1.82, 2.24) is 0 Å². The van der Waals surface area contributed by atoms with Gasteiger partial charge < -0.3 is 10.2 Å². The van der Waals surface area contributed by atoms with Crippen LogP contribution in [0.1, 0.15) is 43.6 Å². The van der Waals surface area contributed by atoms with E-state index in [9.17, 15) is 56.3 Å². The number of carbonyl (C=O) groups is 1. The number of esters is 1. The summed E-state index contributed by atoms with van der Waals surface area (Å²) in [7, 11) is 2.03. The Morgan fingerprint density at radius 3 is 1.68 bits per heavy atom. The number of azide groups is 3. The minimum absolute atomic E-state index is 0.102. The normalized spacial score (nSPS) is 39.4. The number of hydrogen-bond donors (Lipinski definition) is 5. The fourth-order valence-corrected chi connectivity index (χ4v) is 13.3. The molecule has 2 radical (unpaired) electrons. The third kappa shape index (κ3) is 15.5. The van der Waals surface area contributed by atoms with Gasteiger partial charge in [-0.25, -0.2) is 0 Å². The van der Waals surface area contributed by atoms with E-state index in [4.69, 9.17) is 56.8 Å². The van der Waals surface area contributed by atoms with E-state index in [1.54, 1.807) is 76.2 Å². The zero-order valence-corrected chi connectivity index (χ0v) is 47.2. The van der Waals surface area contributed by atoms with E-state index < -0.39 is 172 Å². The Morgan fingerprint density at radius 2 is 1.07 bits per heavy atom. The zero-order valence-electron chi connectivity index (χ0n) is 45.2. The summed E-state index contributed by atoms with van der Waals surface area (Å²) < 4.78 is 98.2. The number of hydrogen-bond acceptors (Lipinski definition) is 23. The van der Waals surface area contributed by atoms with Gasteiger partial charge in [-0.15, -0.1) is 0 Å². The monoisotopic (exact) mass is 1180 g/mol. The minimum atomic E-state index is -1.87. The van der Waals surface area contributed by atoms with Crippen LogP contribution in [-0.2, 0) is 72.9 Å². The van der Waals surface area contributed by atoms with Gasteiger partial charge in [0.05, 0.1) is 12.7 Å². The second kappa shape index (κ2) is 31.9. The molecule has 0 spiro atoms. The van der Waals surface area contributed by atoms with Crippen LogP contribution < -0.4 is 0 Å². The van der Waals surface area contributed by atoms with Gasteiger partial charge in [-0.2, -0.15) is 0 Å². The third-order valence-electron chi connectivity index (χ3n) is 15.0. The van der Waals surface area contributed by atoms with Gasteiger partial charge in [-0.05, 0) is 17.7 Å². The van der Waals surface area contributed by atoms with Gasteiger partial charge in [-0.1, -0.05) is 41.5 Å². The Morgan fingerprint density at radius 1 is 0.573 bits per heavy atom. The maximum atomic E-state index is 13.9. The molecule has 5 N–H and O–H groups in total. The number of aliphatic hydroxyl groups is 5. The number of ether oxygens (including phenoxy) is 12. The van der Waals surface area contributed by atoms with Crippen molar-refractivity contribution in [1.29, 1.82) is 0 Å². The van der Waals surface area contributed by atoms with E-state index in [2.05, 4.69) is 30.1 Å². The van der Waals surface area contributed by atoms with Gasteiger partial charge in [0.25, 0.3) is 0 Å². The molecule has 29 nitrogen and oxygen atoms in total. The Labute approximate surface area is 477 Å². The summed E-state index contributed by atoms with van der Waals surface area (Å²) in [5, 5.41) is 68.1. The van der Waals surface area contributed by atoms with Crippen LogP contribution in [0.4, 0.5) is 0 Å². The van der Waals surface area contributed by atoms with Crippen molar-refractivity contribution in [2.24, 2.45) is 27.2 Å². The first-order valence-corrected chi connectivity index (χ1v) is 28.7. The summed E-state index contributed by atoms with van der Waals surface area (Å²) in [6.07, 6.45) is -24.2. The van der Waals surface area contributed by atoms with Crippen LogP contribution in [0.15, 0.2) is 76.0 Å². The third-order valence-corrected chi connectivity index (χ3v) is 18.0. The fourth-order valence-electron chi connectivity index (χ4n) is 10.8. The first kappa shape index (κ1) is 65.5. The van der Waals surface area contributed by atoms with Crippen LogP contribution >= 0.6 is 16.9 Å². The molecule has 5 aliphatic heterocycles. The molecule has 35 heteroatoms. The zero-order chi connectivity index (χ0) is 59.0. The number of methoxy groups -OCH3 is 1. The van der Waals surface area contributed by atoms with Crippen molar-refractivity contribution >= 4 is 50.7 Å². The summed E-state index contributed by atoms with van der Waals surface area (Å²) in [5.41, 5.74) is 28.7. The fraction of sp³-hybridized carbons (Fsp3) is 0.723. The first-order chi connectivity index (χ1) is 39.7. The Balaban J connectivity index is 1.15. The number of aliphatic hydroxyl groups excluding tert-OH is 5. The number of nitrogens with zero attached hydrogens (tertiary/aromatic N) is 9. The van der Waals surface area contributed by atoms with E-state index >= 15 is 0 Å². The van der Waals surface area contributed by atoms with Crippen LogP contribution in [0.5, 0.6) is 0 Å². The molecule has 0 aromatic heterocycles. The average Bonchev–Trinajstić information content (AvgIpc) is 3.68. The Hall–Kier alpha value is -4.08. The van der Waals surface area contributed by atoms with E-state index in [1.807, 2.05) is 0 Å². The van der Waals surface area contributed by atoms with Crippen molar-refractivity contribution in [3.63, 3.8) is 0 Å². The summed E-state index contributed by atoms with van der Waals surface area (Å²) in [6, 6.07) is 13.2. The van der Waals surface area contributed by atoms with Crippen molar-refractivity contribution < 1.29 is 96.6 Å². The molecule has 7 rings (SSSR count). The van der Waals surface area contributed by atoms with Gasteiger partial charge in [0.15, 0.2) is 0 Å². The van der Waals surface area contributed by atoms with E-state index in [0.29, 0.717) is 19.6 Å². The van der Waals surface area contributed by atoms with Gasteiger partial charge in [0.2, 0.25) is 0 Å². The van der Waals surface area contributed by atoms with Crippen LogP contribution in [0.2, 0.25) is 0 Å². The molecule has 2 aromatic rings. The summed E-state index contributed by atoms with van der Waals surface area (Å²) in [6.45, 7) is 7.35. The van der Waals surface area contributed by atoms with Crippen molar-refractivity contribution in [2.75, 3.05) is 26.9 Å². The first-order valence-electron chi connectivity index (χ1n) is 26.4. The van der Waals surface area contributed by atoms with Crippen molar-refractivity contribution in [2.45, 2.75) is 175 Å². The van der Waals surface area contributed by atoms with Crippen LogP contribution in [0.25, 0.3) is 31.3 Å². The number of carbonyl (C=O) groups excluding carboxylic acids is 1. The molecule has 440 valence electrons. The standard InChI is InChI=1S/C47H65B4N9O20P2/c1-20-26(16-61)73-45(30(56-59-53)40(20)81-50-48-67)77-34-21(2)35(76-42(66)25-14-10-7-11-15-25)47(72-22(34)3)79-37-27(17-62)75-44(29(32(37)64)55-58-52)78-36-23(4)71-46(33(65)39(36)70-19-24-12-8-6-9-13-24)80-38-28(18-63)74-43(69-5)31(57-60-54)41(38)82-51-49-68/h6-15,20-23,26-41,43-47,61-65,81-82H,16-19H2,1-5H3/t20-,21+,22?,23?,26?,27?,28?,29?,30?,31?,32-,33?,34+,35?,36-,37-,38-,39+,40+,41-,43-,44+,45+,46+,47+/m1/s1. The topological polar surface area (TPSA) is 409 Å². The predicted octanol–water partition coefficient (Wildman–Crippen LogP) is 1.92. The second-order valence-electron chi connectivity index (χ2n) is 20.0. The Bertz CT molecular complexity index is 2530. The number of rotatable bonds is 26. The summed E-state index contributed by atoms with van der Waals surface area (Å²) in [5.74, 6) is -2.04. The molecule has 27 atom stereocenters. The quantitative estimate of drug-likeness (QED) is 0.0224. The van der Waals surface area contributed by atoms with Gasteiger partial charge in [0, 0.05) is 4.91 Å². The van der Waals surface area contributed by atoms with Crippen LogP contribution in [0, 0.1) is 11.8 Å². The molecule has 5 fully saturated rings.